The lowest BCUT2D eigenvalue weighted by atomic mass is 10.1. The summed E-state index contributed by atoms with van der Waals surface area (Å²) in [5.74, 6) is 5.70. The fourth-order valence-electron chi connectivity index (χ4n) is 2.00. The number of nitrogens with one attached hydrogen (secondary N) is 1. The molecular formula is C11H17N5O2S. The summed E-state index contributed by atoms with van der Waals surface area (Å²) in [5.41, 5.74) is 4.49. The Balaban J connectivity index is 2.13. The Morgan fingerprint density at radius 3 is 2.95 bits per heavy atom. The van der Waals surface area contributed by atoms with Crippen LogP contribution < -0.4 is 11.3 Å². The van der Waals surface area contributed by atoms with Crippen LogP contribution in [0.2, 0.25) is 0 Å². The highest BCUT2D eigenvalue weighted by Gasteiger charge is 2.15. The summed E-state index contributed by atoms with van der Waals surface area (Å²) < 4.78 is 24.0. The highest BCUT2D eigenvalue weighted by molar-refractivity contribution is 7.90. The molecule has 0 radical (unpaired) electrons. The first-order valence-electron chi connectivity index (χ1n) is 5.92. The van der Waals surface area contributed by atoms with Crippen LogP contribution in [0.3, 0.4) is 0 Å². The lowest BCUT2D eigenvalue weighted by Gasteiger charge is -2.14. The monoisotopic (exact) mass is 283 g/mol. The lowest BCUT2D eigenvalue weighted by Crippen LogP contribution is -2.28. The van der Waals surface area contributed by atoms with Gasteiger partial charge in [-0.25, -0.2) is 12.9 Å². The first-order chi connectivity index (χ1) is 9.01. The molecule has 2 heterocycles. The van der Waals surface area contributed by atoms with Crippen LogP contribution >= 0.6 is 0 Å². The van der Waals surface area contributed by atoms with Gasteiger partial charge in [0.2, 0.25) is 0 Å². The van der Waals surface area contributed by atoms with Crippen LogP contribution in [0.4, 0.5) is 0 Å². The number of aromatic nitrogens is 3. The van der Waals surface area contributed by atoms with Crippen molar-refractivity contribution in [1.82, 2.24) is 20.0 Å². The smallest absolute Gasteiger partial charge is 0.147 e. The fourth-order valence-corrected chi connectivity index (χ4v) is 2.69. The maximum absolute atomic E-state index is 11.1. The van der Waals surface area contributed by atoms with E-state index in [1.54, 1.807) is 29.3 Å². The van der Waals surface area contributed by atoms with E-state index < -0.39 is 9.84 Å². The average Bonchev–Trinajstić information content (AvgIpc) is 2.77. The Morgan fingerprint density at radius 1 is 1.47 bits per heavy atom. The number of hydrogen-bond donors (Lipinski definition) is 2. The van der Waals surface area contributed by atoms with Crippen LogP contribution in [-0.2, 0) is 9.84 Å². The van der Waals surface area contributed by atoms with Gasteiger partial charge >= 0.3 is 0 Å². The van der Waals surface area contributed by atoms with E-state index in [1.165, 1.54) is 6.26 Å². The third-order valence-corrected chi connectivity index (χ3v) is 3.97. The molecule has 1 atom stereocenters. The zero-order chi connectivity index (χ0) is 13.9. The first-order valence-corrected chi connectivity index (χ1v) is 7.98. The van der Waals surface area contributed by atoms with Crippen molar-refractivity contribution in [2.24, 2.45) is 5.84 Å². The second-order valence-corrected chi connectivity index (χ2v) is 6.76. The van der Waals surface area contributed by atoms with Crippen molar-refractivity contribution < 1.29 is 8.42 Å². The van der Waals surface area contributed by atoms with Crippen molar-refractivity contribution in [2.45, 2.75) is 18.9 Å². The molecule has 0 aliphatic carbocycles. The molecule has 2 rings (SSSR count). The van der Waals surface area contributed by atoms with E-state index in [4.69, 9.17) is 5.84 Å². The molecule has 0 spiro atoms. The van der Waals surface area contributed by atoms with Gasteiger partial charge in [0.05, 0.1) is 17.9 Å². The minimum absolute atomic E-state index is 0.136. The molecule has 0 aliphatic rings. The number of rotatable bonds is 6. The lowest BCUT2D eigenvalue weighted by molar-refractivity contribution is 0.510. The number of hydrogen-bond acceptors (Lipinski definition) is 6. The molecule has 2 aromatic heterocycles. The average molecular weight is 283 g/mol. The van der Waals surface area contributed by atoms with E-state index in [1.807, 2.05) is 0 Å². The van der Waals surface area contributed by atoms with Crippen molar-refractivity contribution in [3.63, 3.8) is 0 Å². The first kappa shape index (κ1) is 13.9. The van der Waals surface area contributed by atoms with E-state index in [0.29, 0.717) is 12.8 Å². The van der Waals surface area contributed by atoms with Gasteiger partial charge in [0.25, 0.3) is 0 Å². The molecule has 3 N–H and O–H groups in total. The van der Waals surface area contributed by atoms with Crippen molar-refractivity contribution >= 4 is 15.4 Å². The molecule has 0 aliphatic heterocycles. The van der Waals surface area contributed by atoms with Crippen LogP contribution in [0.15, 0.2) is 24.8 Å². The number of nitrogens with two attached hydrogens (primary N) is 1. The van der Waals surface area contributed by atoms with Crippen molar-refractivity contribution in [3.05, 3.63) is 30.4 Å². The predicted molar refractivity (Wildman–Crippen MR) is 72.0 cm³/mol. The van der Waals surface area contributed by atoms with E-state index in [9.17, 15) is 8.42 Å². The second-order valence-electron chi connectivity index (χ2n) is 4.50. The van der Waals surface area contributed by atoms with Crippen LogP contribution in [-0.4, -0.2) is 35.0 Å². The Bertz CT molecular complexity index is 652. The van der Waals surface area contributed by atoms with Gasteiger partial charge in [-0.2, -0.15) is 5.10 Å². The second kappa shape index (κ2) is 5.64. The SMILES string of the molecule is CS(=O)(=O)CCCC(NN)c1cnn2ccncc12. The summed E-state index contributed by atoms with van der Waals surface area (Å²) in [7, 11) is -2.94. The van der Waals surface area contributed by atoms with E-state index in [0.717, 1.165) is 11.1 Å². The van der Waals surface area contributed by atoms with Crippen LogP contribution in [0.1, 0.15) is 24.4 Å². The molecule has 0 bridgehead atoms. The minimum Gasteiger partial charge on any atom is -0.271 e. The van der Waals surface area contributed by atoms with Crippen LogP contribution in [0.25, 0.3) is 5.52 Å². The van der Waals surface area contributed by atoms with Gasteiger partial charge < -0.3 is 0 Å². The Hall–Kier alpha value is -1.51. The third kappa shape index (κ3) is 3.49. The van der Waals surface area contributed by atoms with Gasteiger partial charge in [0.15, 0.2) is 0 Å². The fraction of sp³-hybridized carbons (Fsp3) is 0.455. The molecule has 2 aromatic rings. The molecule has 0 saturated heterocycles. The number of fused-ring (bicyclic) bond motifs is 1. The zero-order valence-corrected chi connectivity index (χ0v) is 11.5. The van der Waals surface area contributed by atoms with E-state index >= 15 is 0 Å². The molecule has 0 amide bonds. The molecular weight excluding hydrogens is 266 g/mol. The predicted octanol–water partition coefficient (Wildman–Crippen LogP) is 0.0585. The summed E-state index contributed by atoms with van der Waals surface area (Å²) in [5, 5.41) is 4.21. The highest BCUT2D eigenvalue weighted by atomic mass is 32.2. The maximum Gasteiger partial charge on any atom is 0.147 e. The Kier molecular flexibility index (Phi) is 4.13. The molecule has 104 valence electrons. The van der Waals surface area contributed by atoms with Crippen molar-refractivity contribution in [2.75, 3.05) is 12.0 Å². The summed E-state index contributed by atoms with van der Waals surface area (Å²) in [6, 6.07) is -0.136. The molecule has 0 aromatic carbocycles. The van der Waals surface area contributed by atoms with Gasteiger partial charge in [-0.15, -0.1) is 0 Å². The van der Waals surface area contributed by atoms with Crippen LogP contribution in [0, 0.1) is 0 Å². The third-order valence-electron chi connectivity index (χ3n) is 2.94. The maximum atomic E-state index is 11.1. The zero-order valence-electron chi connectivity index (χ0n) is 10.7. The Morgan fingerprint density at radius 2 is 2.26 bits per heavy atom. The van der Waals surface area contributed by atoms with Gasteiger partial charge in [0.1, 0.15) is 9.84 Å². The van der Waals surface area contributed by atoms with Gasteiger partial charge in [0, 0.05) is 36.0 Å². The van der Waals surface area contributed by atoms with Gasteiger partial charge in [-0.05, 0) is 12.8 Å². The van der Waals surface area contributed by atoms with E-state index in [2.05, 4.69) is 15.5 Å². The quantitative estimate of drug-likeness (QED) is 0.574. The van der Waals surface area contributed by atoms with Crippen molar-refractivity contribution in [3.8, 4) is 0 Å². The summed E-state index contributed by atoms with van der Waals surface area (Å²) in [4.78, 5) is 4.06. The molecule has 0 fully saturated rings. The molecule has 19 heavy (non-hydrogen) atoms. The Labute approximate surface area is 111 Å². The van der Waals surface area contributed by atoms with Crippen LogP contribution in [0.5, 0.6) is 0 Å². The molecule has 0 saturated carbocycles. The number of nitrogens with zero attached hydrogens (tertiary/aromatic N) is 3. The summed E-state index contributed by atoms with van der Waals surface area (Å²) in [6.07, 6.45) is 9.24. The van der Waals surface area contributed by atoms with Gasteiger partial charge in [-0.3, -0.25) is 16.3 Å². The topological polar surface area (TPSA) is 102 Å². The van der Waals surface area contributed by atoms with Gasteiger partial charge in [-0.1, -0.05) is 0 Å². The summed E-state index contributed by atoms with van der Waals surface area (Å²) >= 11 is 0. The molecule has 7 nitrogen and oxygen atoms in total. The molecule has 8 heteroatoms. The molecule has 1 unspecified atom stereocenters. The highest BCUT2D eigenvalue weighted by Crippen LogP contribution is 2.22. The number of hydrazine groups is 1. The largest absolute Gasteiger partial charge is 0.271 e. The van der Waals surface area contributed by atoms with Crippen molar-refractivity contribution in [1.29, 1.82) is 0 Å². The summed E-state index contributed by atoms with van der Waals surface area (Å²) in [6.45, 7) is 0. The van der Waals surface area contributed by atoms with E-state index in [-0.39, 0.29) is 11.8 Å². The number of sulfone groups is 1. The standard InChI is InChI=1S/C11H17N5O2S/c1-19(17,18)6-2-3-10(15-12)9-7-14-16-5-4-13-8-11(9)16/h4-5,7-8,10,15H,2-3,6,12H2,1H3. The normalized spacial score (nSPS) is 13.8. The minimum atomic E-state index is -2.94.